The van der Waals surface area contributed by atoms with E-state index in [1.54, 1.807) is 6.92 Å². The van der Waals surface area contributed by atoms with Crippen LogP contribution in [-0.2, 0) is 4.79 Å². The zero-order valence-corrected chi connectivity index (χ0v) is 16.8. The molecule has 2 aromatic rings. The van der Waals surface area contributed by atoms with Gasteiger partial charge in [-0.3, -0.25) is 4.79 Å². The van der Waals surface area contributed by atoms with Crippen molar-refractivity contribution in [2.45, 2.75) is 27.7 Å². The Balaban J connectivity index is 2.53. The van der Waals surface area contributed by atoms with Crippen LogP contribution in [-0.4, -0.2) is 5.78 Å². The summed E-state index contributed by atoms with van der Waals surface area (Å²) in [6.07, 6.45) is 3.95. The lowest BCUT2D eigenvalue weighted by atomic mass is 9.90. The second kappa shape index (κ2) is 8.26. The first-order chi connectivity index (χ1) is 11.8. The Morgan fingerprint density at radius 1 is 1.00 bits per heavy atom. The van der Waals surface area contributed by atoms with Gasteiger partial charge in [-0.2, -0.15) is 0 Å². The Hall–Kier alpha value is -2.19. The van der Waals surface area contributed by atoms with Crippen molar-refractivity contribution in [2.24, 2.45) is 0 Å². The Morgan fingerprint density at radius 3 is 2.24 bits per heavy atom. The van der Waals surface area contributed by atoms with Crippen LogP contribution in [0.25, 0.3) is 11.1 Å². The molecule has 0 spiro atoms. The minimum Gasteiger partial charge on any atom is -0.294 e. The molecular weight excluding hydrogens is 372 g/mol. The highest BCUT2D eigenvalue weighted by Gasteiger charge is 2.13. The van der Waals surface area contributed by atoms with Gasteiger partial charge in [0.05, 0.1) is 0 Å². The van der Waals surface area contributed by atoms with Crippen molar-refractivity contribution in [3.05, 3.63) is 93.5 Å². The molecule has 2 aromatic carbocycles. The molecule has 0 radical (unpaired) electrons. The molecule has 25 heavy (non-hydrogen) atoms. The quantitative estimate of drug-likeness (QED) is 0.407. The molecule has 1 nitrogen and oxygen atoms in total. The number of allylic oxidation sites excluding steroid dienone is 5. The maximum atomic E-state index is 12.3. The summed E-state index contributed by atoms with van der Waals surface area (Å²) in [5.41, 5.74) is 6.88. The summed E-state index contributed by atoms with van der Waals surface area (Å²) in [5.74, 6) is 0.0388. The fraction of sp³-hybridized carbons (Fsp3) is 0.174. The Morgan fingerprint density at radius 2 is 1.64 bits per heavy atom. The minimum atomic E-state index is 0.0388. The van der Waals surface area contributed by atoms with Gasteiger partial charge in [0, 0.05) is 10.0 Å². The van der Waals surface area contributed by atoms with Gasteiger partial charge in [-0.25, -0.2) is 0 Å². The first-order valence-corrected chi connectivity index (χ1v) is 9.05. The molecule has 0 unspecified atom stereocenters. The summed E-state index contributed by atoms with van der Waals surface area (Å²) in [6.45, 7) is 11.9. The van der Waals surface area contributed by atoms with E-state index in [1.807, 2.05) is 56.3 Å². The lowest BCUT2D eigenvalue weighted by molar-refractivity contribution is -0.111. The Labute approximate surface area is 158 Å². The van der Waals surface area contributed by atoms with E-state index in [1.165, 1.54) is 5.56 Å². The van der Waals surface area contributed by atoms with Crippen LogP contribution in [0, 0.1) is 13.8 Å². The molecule has 0 atom stereocenters. The van der Waals surface area contributed by atoms with Crippen molar-refractivity contribution in [3.8, 4) is 0 Å². The van der Waals surface area contributed by atoms with E-state index in [9.17, 15) is 4.79 Å². The molecule has 0 bridgehead atoms. The highest BCUT2D eigenvalue weighted by atomic mass is 79.9. The largest absolute Gasteiger partial charge is 0.294 e. The Kier molecular flexibility index (Phi) is 6.33. The molecule has 2 heteroatoms. The molecule has 128 valence electrons. The SMILES string of the molecule is C=C(/C=C(/C(C)=O)c1ccccc1C)/C(=C/C)c1cc(Br)ccc1C. The predicted octanol–water partition coefficient (Wildman–Crippen LogP) is 6.70. The van der Waals surface area contributed by atoms with E-state index in [2.05, 4.69) is 41.6 Å². The smallest absolute Gasteiger partial charge is 0.160 e. The van der Waals surface area contributed by atoms with Gasteiger partial charge in [0.25, 0.3) is 0 Å². The van der Waals surface area contributed by atoms with Crippen molar-refractivity contribution in [3.63, 3.8) is 0 Å². The van der Waals surface area contributed by atoms with Crippen molar-refractivity contribution in [2.75, 3.05) is 0 Å². The van der Waals surface area contributed by atoms with Crippen LogP contribution in [0.1, 0.15) is 36.1 Å². The maximum absolute atomic E-state index is 12.3. The minimum absolute atomic E-state index is 0.0388. The topological polar surface area (TPSA) is 17.1 Å². The third-order valence-electron chi connectivity index (χ3n) is 4.26. The van der Waals surface area contributed by atoms with Gasteiger partial charge in [0.2, 0.25) is 0 Å². The van der Waals surface area contributed by atoms with Crippen LogP contribution in [0.3, 0.4) is 0 Å². The molecular formula is C23H23BrO. The standard InChI is InChI=1S/C23H23BrO/c1-6-20(22-14-19(24)12-11-16(22)3)17(4)13-23(18(5)25)21-10-8-7-9-15(21)2/h6-14H,4H2,1-3,5H3/b20-6-,23-13-. The Bertz CT molecular complexity index is 885. The van der Waals surface area contributed by atoms with Gasteiger partial charge in [-0.05, 0) is 79.3 Å². The second-order valence-corrected chi connectivity index (χ2v) is 7.03. The molecule has 0 N–H and O–H groups in total. The molecule has 0 amide bonds. The lowest BCUT2D eigenvalue weighted by Gasteiger charge is -2.14. The van der Waals surface area contributed by atoms with E-state index >= 15 is 0 Å². The number of benzene rings is 2. The van der Waals surface area contributed by atoms with Crippen molar-refractivity contribution in [1.82, 2.24) is 0 Å². The van der Waals surface area contributed by atoms with Gasteiger partial charge in [-0.15, -0.1) is 0 Å². The third kappa shape index (κ3) is 4.46. The predicted molar refractivity (Wildman–Crippen MR) is 112 cm³/mol. The number of carbonyl (C=O) groups is 1. The second-order valence-electron chi connectivity index (χ2n) is 6.12. The van der Waals surface area contributed by atoms with E-state index in [0.29, 0.717) is 5.57 Å². The lowest BCUT2D eigenvalue weighted by Crippen LogP contribution is -2.00. The molecule has 0 heterocycles. The zero-order valence-electron chi connectivity index (χ0n) is 15.2. The van der Waals surface area contributed by atoms with E-state index in [0.717, 1.165) is 32.3 Å². The number of carbonyl (C=O) groups excluding carboxylic acids is 1. The molecule has 0 aliphatic carbocycles. The third-order valence-corrected chi connectivity index (χ3v) is 4.75. The van der Waals surface area contributed by atoms with Crippen LogP contribution in [0.4, 0.5) is 0 Å². The maximum Gasteiger partial charge on any atom is 0.160 e. The fourth-order valence-electron chi connectivity index (χ4n) is 2.89. The van der Waals surface area contributed by atoms with Gasteiger partial charge in [0.15, 0.2) is 5.78 Å². The van der Waals surface area contributed by atoms with E-state index in [-0.39, 0.29) is 5.78 Å². The molecule has 0 saturated heterocycles. The van der Waals surface area contributed by atoms with Crippen molar-refractivity contribution in [1.29, 1.82) is 0 Å². The van der Waals surface area contributed by atoms with Gasteiger partial charge in [0.1, 0.15) is 0 Å². The molecule has 0 saturated carbocycles. The number of rotatable bonds is 5. The van der Waals surface area contributed by atoms with Crippen molar-refractivity contribution >= 4 is 32.9 Å². The molecule has 0 fully saturated rings. The average Bonchev–Trinajstić information content (AvgIpc) is 2.57. The molecule has 0 aromatic heterocycles. The number of aryl methyl sites for hydroxylation is 2. The number of Topliss-reactive ketones (excluding diaryl/α,β-unsaturated/α-hetero) is 1. The molecule has 0 aliphatic rings. The first kappa shape index (κ1) is 19.1. The summed E-state index contributed by atoms with van der Waals surface area (Å²) in [4.78, 5) is 12.3. The van der Waals surface area contributed by atoms with Crippen LogP contribution < -0.4 is 0 Å². The number of halogens is 1. The van der Waals surface area contributed by atoms with Crippen LogP contribution in [0.15, 0.2) is 71.2 Å². The normalized spacial score (nSPS) is 12.2. The molecule has 0 aliphatic heterocycles. The number of hydrogen-bond acceptors (Lipinski definition) is 1. The summed E-state index contributed by atoms with van der Waals surface area (Å²) in [7, 11) is 0. The zero-order chi connectivity index (χ0) is 18.6. The monoisotopic (exact) mass is 394 g/mol. The summed E-state index contributed by atoms with van der Waals surface area (Å²) in [6, 6.07) is 14.1. The number of ketones is 1. The van der Waals surface area contributed by atoms with E-state index in [4.69, 9.17) is 0 Å². The van der Waals surface area contributed by atoms with Crippen LogP contribution in [0.2, 0.25) is 0 Å². The fourth-order valence-corrected chi connectivity index (χ4v) is 3.26. The molecule has 2 rings (SSSR count). The highest BCUT2D eigenvalue weighted by molar-refractivity contribution is 9.10. The van der Waals surface area contributed by atoms with Gasteiger partial charge in [-0.1, -0.05) is 58.9 Å². The first-order valence-electron chi connectivity index (χ1n) is 8.26. The van der Waals surface area contributed by atoms with Gasteiger partial charge >= 0.3 is 0 Å². The van der Waals surface area contributed by atoms with Crippen LogP contribution >= 0.6 is 15.9 Å². The summed E-state index contributed by atoms with van der Waals surface area (Å²) < 4.78 is 1.02. The highest BCUT2D eigenvalue weighted by Crippen LogP contribution is 2.31. The summed E-state index contributed by atoms with van der Waals surface area (Å²) in [5, 5.41) is 0. The van der Waals surface area contributed by atoms with Crippen LogP contribution in [0.5, 0.6) is 0 Å². The average molecular weight is 395 g/mol. The number of hydrogen-bond donors (Lipinski definition) is 0. The van der Waals surface area contributed by atoms with Crippen molar-refractivity contribution < 1.29 is 4.79 Å². The van der Waals surface area contributed by atoms with Gasteiger partial charge < -0.3 is 0 Å². The van der Waals surface area contributed by atoms with E-state index < -0.39 is 0 Å². The summed E-state index contributed by atoms with van der Waals surface area (Å²) >= 11 is 3.54.